The van der Waals surface area contributed by atoms with Crippen LogP contribution >= 0.6 is 34.7 Å². The van der Waals surface area contributed by atoms with Gasteiger partial charge >= 0.3 is 5.97 Å². The van der Waals surface area contributed by atoms with Gasteiger partial charge in [-0.25, -0.2) is 4.98 Å². The smallest absolute Gasteiger partial charge is 0.306 e. The van der Waals surface area contributed by atoms with Crippen molar-refractivity contribution >= 4 is 52.0 Å². The van der Waals surface area contributed by atoms with Crippen molar-refractivity contribution in [2.75, 3.05) is 18.3 Å². The Hall–Kier alpha value is -2.35. The molecule has 1 N–H and O–H groups in total. The molecule has 0 saturated heterocycles. The van der Waals surface area contributed by atoms with Gasteiger partial charge in [0.25, 0.3) is 0 Å². The molecule has 0 fully saturated rings. The topological polar surface area (TPSA) is 63.6 Å². The lowest BCUT2D eigenvalue weighted by atomic mass is 10.2. The number of carbonyl (C=O) groups is 1. The summed E-state index contributed by atoms with van der Waals surface area (Å²) in [7, 11) is 1.39. The molecule has 0 radical (unpaired) electrons. The summed E-state index contributed by atoms with van der Waals surface area (Å²) in [6.07, 6.45) is 2.01. The minimum absolute atomic E-state index is 0.232. The predicted octanol–water partition coefficient (Wildman–Crippen LogP) is 5.56. The molecular weight excluding hydrogens is 414 g/mol. The summed E-state index contributed by atoms with van der Waals surface area (Å²) in [5.74, 6) is 0.373. The van der Waals surface area contributed by atoms with Crippen molar-refractivity contribution in [2.24, 2.45) is 5.10 Å². The number of aromatic nitrogens is 1. The van der Waals surface area contributed by atoms with Gasteiger partial charge in [0, 0.05) is 27.2 Å². The van der Waals surface area contributed by atoms with Crippen molar-refractivity contribution in [3.05, 3.63) is 64.5 Å². The quantitative estimate of drug-likeness (QED) is 0.219. The number of carbonyl (C=O) groups excluding carboxylic acids is 1. The van der Waals surface area contributed by atoms with E-state index in [1.165, 1.54) is 30.2 Å². The summed E-state index contributed by atoms with van der Waals surface area (Å²) in [6, 6.07) is 15.6. The number of nitrogens with one attached hydrogen (secondary N) is 1. The number of hydrogen-bond donors (Lipinski definition) is 1. The van der Waals surface area contributed by atoms with Gasteiger partial charge in [-0.3, -0.25) is 10.2 Å². The summed E-state index contributed by atoms with van der Waals surface area (Å²) < 4.78 is 4.67. The number of nitrogens with zero attached hydrogens (tertiary/aromatic N) is 2. The van der Waals surface area contributed by atoms with Crippen LogP contribution in [0.5, 0.6) is 0 Å². The largest absolute Gasteiger partial charge is 0.469 e. The maximum atomic E-state index is 11.3. The van der Waals surface area contributed by atoms with Crippen LogP contribution in [0.15, 0.2) is 63.9 Å². The van der Waals surface area contributed by atoms with Crippen LogP contribution in [0.3, 0.4) is 0 Å². The van der Waals surface area contributed by atoms with Crippen molar-refractivity contribution in [3.8, 4) is 11.3 Å². The number of halogens is 1. The zero-order chi connectivity index (χ0) is 19.8. The normalized spacial score (nSPS) is 10.9. The third-order valence-corrected chi connectivity index (χ3v) is 5.88. The third kappa shape index (κ3) is 5.58. The van der Waals surface area contributed by atoms with Crippen molar-refractivity contribution in [1.82, 2.24) is 4.98 Å². The van der Waals surface area contributed by atoms with Gasteiger partial charge in [-0.2, -0.15) is 5.10 Å². The van der Waals surface area contributed by atoms with Gasteiger partial charge in [0.05, 0.1) is 30.5 Å². The second kappa shape index (κ2) is 10.3. The van der Waals surface area contributed by atoms with E-state index in [2.05, 4.69) is 20.2 Å². The minimum atomic E-state index is -0.232. The molecule has 0 bridgehead atoms. The van der Waals surface area contributed by atoms with Crippen LogP contribution in [-0.4, -0.2) is 30.0 Å². The Morgan fingerprint density at radius 3 is 2.89 bits per heavy atom. The van der Waals surface area contributed by atoms with Gasteiger partial charge in [-0.05, 0) is 12.1 Å². The first-order chi connectivity index (χ1) is 13.7. The predicted molar refractivity (Wildman–Crippen MR) is 118 cm³/mol. The monoisotopic (exact) mass is 431 g/mol. The Morgan fingerprint density at radius 1 is 1.29 bits per heavy atom. The first-order valence-corrected chi connectivity index (χ1v) is 10.7. The Labute approximate surface area is 176 Å². The molecule has 2 aromatic carbocycles. The van der Waals surface area contributed by atoms with Crippen LogP contribution in [0.25, 0.3) is 11.3 Å². The number of esters is 1. The molecule has 0 unspecified atom stereocenters. The van der Waals surface area contributed by atoms with E-state index in [1.807, 2.05) is 53.9 Å². The highest BCUT2D eigenvalue weighted by molar-refractivity contribution is 7.99. The van der Waals surface area contributed by atoms with Gasteiger partial charge in [-0.1, -0.05) is 48.0 Å². The molecule has 28 heavy (non-hydrogen) atoms. The lowest BCUT2D eigenvalue weighted by molar-refractivity contribution is -0.140. The van der Waals surface area contributed by atoms with E-state index < -0.39 is 0 Å². The van der Waals surface area contributed by atoms with Crippen molar-refractivity contribution in [3.63, 3.8) is 0 Å². The molecule has 3 aromatic rings. The van der Waals surface area contributed by atoms with Crippen molar-refractivity contribution < 1.29 is 9.53 Å². The van der Waals surface area contributed by atoms with E-state index in [0.29, 0.717) is 22.3 Å². The Morgan fingerprint density at radius 2 is 2.11 bits per heavy atom. The molecular formula is C20H18ClN3O2S2. The Bertz CT molecular complexity index is 961. The summed E-state index contributed by atoms with van der Waals surface area (Å²) in [5.41, 5.74) is 5.72. The summed E-state index contributed by atoms with van der Waals surface area (Å²) in [5, 5.41) is 7.56. The number of thioether (sulfide) groups is 1. The van der Waals surface area contributed by atoms with E-state index >= 15 is 0 Å². The molecule has 1 aromatic heterocycles. The molecule has 0 aliphatic heterocycles. The SMILES string of the molecule is COC(=O)CCSc1cccc(Cl)c1C=NNc1nc(-c2ccccc2)cs1. The van der Waals surface area contributed by atoms with Gasteiger partial charge in [0.15, 0.2) is 0 Å². The fourth-order valence-electron chi connectivity index (χ4n) is 2.33. The van der Waals surface area contributed by atoms with E-state index in [0.717, 1.165) is 21.7 Å². The summed E-state index contributed by atoms with van der Waals surface area (Å²) >= 11 is 9.34. The fourth-order valence-corrected chi connectivity index (χ4v) is 4.26. The van der Waals surface area contributed by atoms with E-state index in [9.17, 15) is 4.79 Å². The zero-order valence-corrected chi connectivity index (χ0v) is 17.5. The molecule has 8 heteroatoms. The van der Waals surface area contributed by atoms with Crippen LogP contribution in [0, 0.1) is 0 Å². The fraction of sp³-hybridized carbons (Fsp3) is 0.150. The molecule has 0 saturated carbocycles. The van der Waals surface area contributed by atoms with Crippen LogP contribution in [0.1, 0.15) is 12.0 Å². The van der Waals surface area contributed by atoms with Gasteiger partial charge < -0.3 is 4.74 Å². The number of ether oxygens (including phenoxy) is 1. The number of rotatable bonds is 8. The van der Waals surface area contributed by atoms with Gasteiger partial charge in [-0.15, -0.1) is 23.1 Å². The summed E-state index contributed by atoms with van der Waals surface area (Å²) in [6.45, 7) is 0. The lowest BCUT2D eigenvalue weighted by Crippen LogP contribution is -2.01. The average molecular weight is 432 g/mol. The van der Waals surface area contributed by atoms with E-state index in [4.69, 9.17) is 11.6 Å². The first-order valence-electron chi connectivity index (χ1n) is 8.45. The molecule has 0 aliphatic rings. The van der Waals surface area contributed by atoms with Gasteiger partial charge in [0.2, 0.25) is 5.13 Å². The highest BCUT2D eigenvalue weighted by Crippen LogP contribution is 2.28. The third-order valence-electron chi connectivity index (χ3n) is 3.73. The molecule has 144 valence electrons. The van der Waals surface area contributed by atoms with Crippen LogP contribution in [-0.2, 0) is 9.53 Å². The molecule has 0 aliphatic carbocycles. The number of methoxy groups -OCH3 is 1. The molecule has 3 rings (SSSR count). The Kier molecular flexibility index (Phi) is 7.47. The van der Waals surface area contributed by atoms with Crippen molar-refractivity contribution in [1.29, 1.82) is 0 Å². The molecule has 0 amide bonds. The number of thiazole rings is 1. The van der Waals surface area contributed by atoms with Gasteiger partial charge in [0.1, 0.15) is 0 Å². The number of anilines is 1. The molecule has 1 heterocycles. The van der Waals surface area contributed by atoms with Crippen LogP contribution in [0.4, 0.5) is 5.13 Å². The number of hydrazone groups is 1. The summed E-state index contributed by atoms with van der Waals surface area (Å²) in [4.78, 5) is 16.8. The number of benzene rings is 2. The highest BCUT2D eigenvalue weighted by atomic mass is 35.5. The maximum Gasteiger partial charge on any atom is 0.306 e. The van der Waals surface area contributed by atoms with Crippen LogP contribution < -0.4 is 5.43 Å². The van der Waals surface area contributed by atoms with E-state index in [-0.39, 0.29) is 5.97 Å². The van der Waals surface area contributed by atoms with Crippen LogP contribution in [0.2, 0.25) is 5.02 Å². The maximum absolute atomic E-state index is 11.3. The zero-order valence-electron chi connectivity index (χ0n) is 15.1. The van der Waals surface area contributed by atoms with E-state index in [1.54, 1.807) is 6.21 Å². The molecule has 0 spiro atoms. The second-order valence-corrected chi connectivity index (χ2v) is 8.00. The standard InChI is InChI=1S/C20H18ClN3O2S2/c1-26-19(25)10-11-27-18-9-5-8-16(21)15(18)12-22-24-20-23-17(13-28-20)14-6-3-2-4-7-14/h2-9,12-13H,10-11H2,1H3,(H,23,24). The second-order valence-electron chi connectivity index (χ2n) is 5.60. The lowest BCUT2D eigenvalue weighted by Gasteiger charge is -2.07. The van der Waals surface area contributed by atoms with Crippen molar-refractivity contribution in [2.45, 2.75) is 11.3 Å². The first kappa shape index (κ1) is 20.4. The average Bonchev–Trinajstić information content (AvgIpc) is 3.19. The molecule has 5 nitrogen and oxygen atoms in total. The Balaban J connectivity index is 1.66. The number of hydrogen-bond acceptors (Lipinski definition) is 7. The highest BCUT2D eigenvalue weighted by Gasteiger charge is 2.08. The minimum Gasteiger partial charge on any atom is -0.469 e. The molecule has 0 atom stereocenters.